The van der Waals surface area contributed by atoms with Crippen molar-refractivity contribution >= 4 is 31.9 Å². The van der Waals surface area contributed by atoms with Crippen LogP contribution in [0.15, 0.2) is 45.3 Å². The van der Waals surface area contributed by atoms with Crippen LogP contribution in [-0.4, -0.2) is 7.05 Å². The lowest BCUT2D eigenvalue weighted by molar-refractivity contribution is 0.301. The average molecular weight is 403 g/mol. The Morgan fingerprint density at radius 1 is 1.10 bits per heavy atom. The predicted octanol–water partition coefficient (Wildman–Crippen LogP) is 4.65. The fraction of sp³-hybridized carbons (Fsp3) is 0.200. The summed E-state index contributed by atoms with van der Waals surface area (Å²) in [7, 11) is 1.90. The molecule has 0 unspecified atom stereocenters. The van der Waals surface area contributed by atoms with E-state index in [9.17, 15) is 4.39 Å². The van der Waals surface area contributed by atoms with Gasteiger partial charge in [-0.25, -0.2) is 4.39 Å². The Morgan fingerprint density at radius 3 is 2.40 bits per heavy atom. The zero-order valence-electron chi connectivity index (χ0n) is 10.9. The van der Waals surface area contributed by atoms with E-state index in [2.05, 4.69) is 37.2 Å². The van der Waals surface area contributed by atoms with Crippen LogP contribution in [0.2, 0.25) is 0 Å². The second-order valence-corrected chi connectivity index (χ2v) is 6.05. The molecule has 0 heterocycles. The normalized spacial score (nSPS) is 10.6. The first kappa shape index (κ1) is 15.5. The van der Waals surface area contributed by atoms with Crippen LogP contribution in [0.1, 0.15) is 11.1 Å². The topological polar surface area (TPSA) is 21.3 Å². The van der Waals surface area contributed by atoms with Crippen molar-refractivity contribution in [2.45, 2.75) is 13.2 Å². The van der Waals surface area contributed by atoms with Gasteiger partial charge in [0.05, 0.1) is 8.95 Å². The van der Waals surface area contributed by atoms with E-state index in [4.69, 9.17) is 4.74 Å². The number of halogens is 3. The SMILES string of the molecule is CNCc1cc(Br)c(OCc2cccc(F)c2)c(Br)c1. The highest BCUT2D eigenvalue weighted by molar-refractivity contribution is 9.11. The summed E-state index contributed by atoms with van der Waals surface area (Å²) >= 11 is 7.00. The van der Waals surface area contributed by atoms with Gasteiger partial charge >= 0.3 is 0 Å². The summed E-state index contributed by atoms with van der Waals surface area (Å²) in [6, 6.07) is 10.4. The summed E-state index contributed by atoms with van der Waals surface area (Å²) < 4.78 is 20.6. The first-order valence-corrected chi connectivity index (χ1v) is 7.68. The molecule has 2 rings (SSSR count). The van der Waals surface area contributed by atoms with Gasteiger partial charge in [-0.3, -0.25) is 0 Å². The molecule has 20 heavy (non-hydrogen) atoms. The van der Waals surface area contributed by atoms with Crippen molar-refractivity contribution in [3.63, 3.8) is 0 Å². The zero-order chi connectivity index (χ0) is 14.5. The minimum atomic E-state index is -0.256. The molecule has 0 radical (unpaired) electrons. The van der Waals surface area contributed by atoms with E-state index in [1.165, 1.54) is 12.1 Å². The molecule has 0 amide bonds. The van der Waals surface area contributed by atoms with Crippen molar-refractivity contribution in [2.24, 2.45) is 0 Å². The third-order valence-electron chi connectivity index (χ3n) is 2.71. The lowest BCUT2D eigenvalue weighted by Gasteiger charge is -2.12. The second-order valence-electron chi connectivity index (χ2n) is 4.34. The monoisotopic (exact) mass is 401 g/mol. The number of benzene rings is 2. The molecule has 0 aliphatic heterocycles. The largest absolute Gasteiger partial charge is 0.487 e. The minimum absolute atomic E-state index is 0.256. The van der Waals surface area contributed by atoms with Crippen LogP contribution in [0.4, 0.5) is 4.39 Å². The second kappa shape index (κ2) is 7.20. The van der Waals surface area contributed by atoms with E-state index in [0.29, 0.717) is 12.4 Å². The maximum Gasteiger partial charge on any atom is 0.148 e. The molecule has 0 fully saturated rings. The number of nitrogens with one attached hydrogen (secondary N) is 1. The summed E-state index contributed by atoms with van der Waals surface area (Å²) in [5.41, 5.74) is 1.94. The Labute approximate surface area is 134 Å². The van der Waals surface area contributed by atoms with E-state index >= 15 is 0 Å². The van der Waals surface area contributed by atoms with Gasteiger partial charge in [0.1, 0.15) is 18.2 Å². The van der Waals surface area contributed by atoms with Gasteiger partial charge in [0, 0.05) is 6.54 Å². The van der Waals surface area contributed by atoms with Crippen molar-refractivity contribution in [3.8, 4) is 5.75 Å². The highest BCUT2D eigenvalue weighted by Gasteiger charge is 2.09. The average Bonchev–Trinajstić information content (AvgIpc) is 2.38. The van der Waals surface area contributed by atoms with Crippen LogP contribution >= 0.6 is 31.9 Å². The summed E-state index contributed by atoms with van der Waals surface area (Å²) in [4.78, 5) is 0. The Hall–Kier alpha value is -0.910. The maximum atomic E-state index is 13.1. The van der Waals surface area contributed by atoms with Crippen molar-refractivity contribution in [2.75, 3.05) is 7.05 Å². The summed E-state index contributed by atoms with van der Waals surface area (Å²) in [6.07, 6.45) is 0. The van der Waals surface area contributed by atoms with Crippen molar-refractivity contribution in [3.05, 3.63) is 62.3 Å². The first-order valence-electron chi connectivity index (χ1n) is 6.10. The van der Waals surface area contributed by atoms with Crippen LogP contribution in [-0.2, 0) is 13.2 Å². The molecule has 2 aromatic rings. The molecular weight excluding hydrogens is 389 g/mol. The van der Waals surface area contributed by atoms with Gasteiger partial charge in [-0.15, -0.1) is 0 Å². The number of rotatable bonds is 5. The molecule has 2 aromatic carbocycles. The standard InChI is InChI=1S/C15H14Br2FNO/c1-19-8-11-6-13(16)15(14(17)7-11)20-9-10-3-2-4-12(18)5-10/h2-7,19H,8-9H2,1H3. The van der Waals surface area contributed by atoms with Crippen LogP contribution in [0, 0.1) is 5.82 Å². The maximum absolute atomic E-state index is 13.1. The third kappa shape index (κ3) is 4.04. The lowest BCUT2D eigenvalue weighted by atomic mass is 10.2. The predicted molar refractivity (Wildman–Crippen MR) is 85.3 cm³/mol. The minimum Gasteiger partial charge on any atom is -0.487 e. The van der Waals surface area contributed by atoms with E-state index < -0.39 is 0 Å². The third-order valence-corrected chi connectivity index (χ3v) is 3.89. The number of hydrogen-bond acceptors (Lipinski definition) is 2. The fourth-order valence-electron chi connectivity index (χ4n) is 1.84. The van der Waals surface area contributed by atoms with Crippen molar-refractivity contribution < 1.29 is 9.13 Å². The summed E-state index contributed by atoms with van der Waals surface area (Å²) in [6.45, 7) is 1.10. The summed E-state index contributed by atoms with van der Waals surface area (Å²) in [5.74, 6) is 0.461. The summed E-state index contributed by atoms with van der Waals surface area (Å²) in [5, 5.41) is 3.10. The Kier molecular flexibility index (Phi) is 5.57. The Bertz CT molecular complexity index is 581. The lowest BCUT2D eigenvalue weighted by Crippen LogP contribution is -2.05. The van der Waals surface area contributed by atoms with Crippen LogP contribution in [0.5, 0.6) is 5.75 Å². The van der Waals surface area contributed by atoms with Gasteiger partial charge in [0.15, 0.2) is 0 Å². The zero-order valence-corrected chi connectivity index (χ0v) is 14.1. The van der Waals surface area contributed by atoms with E-state index in [1.807, 2.05) is 25.2 Å². The Balaban J connectivity index is 2.13. The van der Waals surface area contributed by atoms with E-state index in [-0.39, 0.29) is 5.82 Å². The van der Waals surface area contributed by atoms with Crippen molar-refractivity contribution in [1.29, 1.82) is 0 Å². The first-order chi connectivity index (χ1) is 9.60. The van der Waals surface area contributed by atoms with Gasteiger partial charge in [-0.1, -0.05) is 12.1 Å². The number of ether oxygens (including phenoxy) is 1. The van der Waals surface area contributed by atoms with Crippen LogP contribution < -0.4 is 10.1 Å². The number of hydrogen-bond donors (Lipinski definition) is 1. The van der Waals surface area contributed by atoms with Gasteiger partial charge in [-0.2, -0.15) is 0 Å². The molecule has 106 valence electrons. The molecule has 0 saturated carbocycles. The van der Waals surface area contributed by atoms with Crippen LogP contribution in [0.3, 0.4) is 0 Å². The fourth-order valence-corrected chi connectivity index (χ4v) is 3.35. The molecule has 0 atom stereocenters. The van der Waals surface area contributed by atoms with Gasteiger partial charge in [0.25, 0.3) is 0 Å². The smallest absolute Gasteiger partial charge is 0.148 e. The molecule has 1 N–H and O–H groups in total. The highest BCUT2D eigenvalue weighted by Crippen LogP contribution is 2.35. The van der Waals surface area contributed by atoms with Gasteiger partial charge in [-0.05, 0) is 74.3 Å². The van der Waals surface area contributed by atoms with E-state index in [0.717, 1.165) is 26.6 Å². The molecule has 0 aliphatic rings. The molecule has 5 heteroatoms. The molecule has 2 nitrogen and oxygen atoms in total. The quantitative estimate of drug-likeness (QED) is 0.785. The van der Waals surface area contributed by atoms with Crippen LogP contribution in [0.25, 0.3) is 0 Å². The van der Waals surface area contributed by atoms with Crippen molar-refractivity contribution in [1.82, 2.24) is 5.32 Å². The molecule has 0 aliphatic carbocycles. The Morgan fingerprint density at radius 2 is 1.80 bits per heavy atom. The highest BCUT2D eigenvalue weighted by atomic mass is 79.9. The molecule has 0 bridgehead atoms. The van der Waals surface area contributed by atoms with Gasteiger partial charge < -0.3 is 10.1 Å². The molecular formula is C15H14Br2FNO. The molecule has 0 spiro atoms. The van der Waals surface area contributed by atoms with Gasteiger partial charge in [0.2, 0.25) is 0 Å². The molecule has 0 aromatic heterocycles. The molecule has 0 saturated heterocycles. The van der Waals surface area contributed by atoms with E-state index in [1.54, 1.807) is 6.07 Å².